The van der Waals surface area contributed by atoms with Crippen LogP contribution in [0, 0.1) is 0 Å². The zero-order valence-electron chi connectivity index (χ0n) is 15.5. The number of benzene rings is 3. The van der Waals surface area contributed by atoms with E-state index in [4.69, 9.17) is 11.5 Å². The maximum Gasteiger partial charge on any atom is 0.266 e. The molecule has 30 heavy (non-hydrogen) atoms. The van der Waals surface area contributed by atoms with Gasteiger partial charge in [-0.25, -0.2) is 9.80 Å². The predicted octanol–water partition coefficient (Wildman–Crippen LogP) is 2.45. The van der Waals surface area contributed by atoms with Gasteiger partial charge in [0.25, 0.3) is 23.6 Å². The van der Waals surface area contributed by atoms with Crippen LogP contribution in [0.5, 0.6) is 0 Å². The van der Waals surface area contributed by atoms with Crippen molar-refractivity contribution in [1.82, 2.24) is 0 Å². The number of nitrogens with two attached hydrogens (primary N) is 2. The van der Waals surface area contributed by atoms with E-state index in [1.807, 2.05) is 0 Å². The number of fused-ring (bicyclic) bond motifs is 2. The Kier molecular flexibility index (Phi) is 3.54. The van der Waals surface area contributed by atoms with E-state index in [1.54, 1.807) is 12.1 Å². The molecular formula is C22H14N4O4. The number of rotatable bonds is 2. The molecule has 146 valence electrons. The van der Waals surface area contributed by atoms with Crippen molar-refractivity contribution in [3.05, 3.63) is 82.9 Å². The Balaban J connectivity index is 1.48. The zero-order valence-corrected chi connectivity index (χ0v) is 15.5. The summed E-state index contributed by atoms with van der Waals surface area (Å²) in [5.74, 6) is -1.88. The molecule has 2 aliphatic heterocycles. The van der Waals surface area contributed by atoms with E-state index >= 15 is 0 Å². The van der Waals surface area contributed by atoms with Crippen LogP contribution in [-0.2, 0) is 0 Å². The molecule has 8 heteroatoms. The molecule has 4 N–H and O–H groups in total. The van der Waals surface area contributed by atoms with Crippen molar-refractivity contribution in [1.29, 1.82) is 0 Å². The largest absolute Gasteiger partial charge is 0.399 e. The molecule has 0 spiro atoms. The summed E-state index contributed by atoms with van der Waals surface area (Å²) in [7, 11) is 0. The molecule has 0 fully saturated rings. The van der Waals surface area contributed by atoms with E-state index in [9.17, 15) is 19.2 Å². The summed E-state index contributed by atoms with van der Waals surface area (Å²) in [6.45, 7) is 0. The van der Waals surface area contributed by atoms with Crippen LogP contribution in [-0.4, -0.2) is 23.6 Å². The molecule has 5 rings (SSSR count). The molecule has 2 heterocycles. The lowest BCUT2D eigenvalue weighted by molar-refractivity contribution is 0.0909. The van der Waals surface area contributed by atoms with E-state index in [2.05, 4.69) is 0 Å². The minimum Gasteiger partial charge on any atom is -0.399 e. The molecule has 0 unspecified atom stereocenters. The normalized spacial score (nSPS) is 15.1. The van der Waals surface area contributed by atoms with Crippen LogP contribution in [0.1, 0.15) is 41.4 Å². The highest BCUT2D eigenvalue weighted by molar-refractivity contribution is 6.36. The van der Waals surface area contributed by atoms with Gasteiger partial charge >= 0.3 is 0 Å². The third kappa shape index (κ3) is 2.34. The van der Waals surface area contributed by atoms with Crippen molar-refractivity contribution in [2.45, 2.75) is 0 Å². The summed E-state index contributed by atoms with van der Waals surface area (Å²) in [6, 6.07) is 15.1. The summed E-state index contributed by atoms with van der Waals surface area (Å²) < 4.78 is 0. The first-order chi connectivity index (χ1) is 14.4. The Morgan fingerprint density at radius 1 is 0.467 bits per heavy atom. The average molecular weight is 398 g/mol. The number of carbonyl (C=O) groups excluding carboxylic acids is 4. The second-order valence-electron chi connectivity index (χ2n) is 7.02. The molecule has 0 aromatic heterocycles. The van der Waals surface area contributed by atoms with E-state index in [0.717, 1.165) is 9.80 Å². The summed E-state index contributed by atoms with van der Waals surface area (Å²) in [5.41, 5.74) is 13.9. The van der Waals surface area contributed by atoms with Gasteiger partial charge in [0.15, 0.2) is 0 Å². The molecule has 2 aliphatic rings. The maximum absolute atomic E-state index is 12.7. The molecule has 4 amide bonds. The van der Waals surface area contributed by atoms with Crippen molar-refractivity contribution in [2.24, 2.45) is 0 Å². The fraction of sp³-hybridized carbons (Fsp3) is 0. The van der Waals surface area contributed by atoms with Crippen molar-refractivity contribution >= 4 is 46.4 Å². The number of imide groups is 2. The Morgan fingerprint density at radius 2 is 0.800 bits per heavy atom. The Labute approximate surface area is 170 Å². The van der Waals surface area contributed by atoms with Gasteiger partial charge in [-0.3, -0.25) is 19.2 Å². The minimum atomic E-state index is -0.480. The number of amides is 4. The number of anilines is 4. The van der Waals surface area contributed by atoms with Crippen LogP contribution in [0.15, 0.2) is 60.7 Å². The van der Waals surface area contributed by atoms with E-state index in [0.29, 0.717) is 22.7 Å². The van der Waals surface area contributed by atoms with Crippen molar-refractivity contribution in [2.75, 3.05) is 21.3 Å². The number of carbonyl (C=O) groups is 4. The molecule has 0 aliphatic carbocycles. The van der Waals surface area contributed by atoms with Crippen LogP contribution < -0.4 is 21.3 Å². The number of nitrogen functional groups attached to an aromatic ring is 2. The van der Waals surface area contributed by atoms with Gasteiger partial charge in [-0.2, -0.15) is 0 Å². The molecule has 0 radical (unpaired) electrons. The van der Waals surface area contributed by atoms with Gasteiger partial charge in [0, 0.05) is 11.4 Å². The second-order valence-corrected chi connectivity index (χ2v) is 7.02. The molecule has 3 aromatic rings. The molecule has 0 bridgehead atoms. The molecule has 0 saturated heterocycles. The zero-order chi connectivity index (χ0) is 21.2. The predicted molar refractivity (Wildman–Crippen MR) is 110 cm³/mol. The summed E-state index contributed by atoms with van der Waals surface area (Å²) in [6.07, 6.45) is 0. The molecular weight excluding hydrogens is 384 g/mol. The standard InChI is InChI=1S/C22H14N4O4/c23-11-1-7-15-17(9-11)21(29)25(19(15)27)13-3-5-14(6-4-13)26-20(28)16-8-2-12(24)10-18(16)22(26)30/h1-10H,23-24H2. The highest BCUT2D eigenvalue weighted by atomic mass is 16.2. The van der Waals surface area contributed by atoms with Crippen molar-refractivity contribution < 1.29 is 19.2 Å². The first-order valence-electron chi connectivity index (χ1n) is 9.03. The van der Waals surface area contributed by atoms with Gasteiger partial charge in [0.2, 0.25) is 0 Å². The highest BCUT2D eigenvalue weighted by Crippen LogP contribution is 2.33. The van der Waals surface area contributed by atoms with Crippen LogP contribution in [0.2, 0.25) is 0 Å². The lowest BCUT2D eigenvalue weighted by Crippen LogP contribution is -2.30. The van der Waals surface area contributed by atoms with Gasteiger partial charge in [-0.1, -0.05) is 0 Å². The second kappa shape index (κ2) is 6.02. The number of hydrogen-bond acceptors (Lipinski definition) is 6. The van der Waals surface area contributed by atoms with Crippen LogP contribution in [0.4, 0.5) is 22.7 Å². The first kappa shape index (κ1) is 17.6. The molecule has 0 atom stereocenters. The third-order valence-corrected chi connectivity index (χ3v) is 5.19. The van der Waals surface area contributed by atoms with Crippen molar-refractivity contribution in [3.8, 4) is 0 Å². The molecule has 3 aromatic carbocycles. The Hall–Kier alpha value is -4.46. The summed E-state index contributed by atoms with van der Waals surface area (Å²) in [5, 5.41) is 0. The first-order valence-corrected chi connectivity index (χ1v) is 9.03. The Bertz CT molecular complexity index is 1200. The van der Waals surface area contributed by atoms with Crippen LogP contribution >= 0.6 is 0 Å². The van der Waals surface area contributed by atoms with Gasteiger partial charge in [-0.05, 0) is 60.7 Å². The minimum absolute atomic E-state index is 0.238. The topological polar surface area (TPSA) is 127 Å². The van der Waals surface area contributed by atoms with E-state index < -0.39 is 23.6 Å². The lowest BCUT2D eigenvalue weighted by atomic mass is 10.1. The fourth-order valence-corrected chi connectivity index (χ4v) is 3.74. The maximum atomic E-state index is 12.7. The van der Waals surface area contributed by atoms with Crippen LogP contribution in [0.3, 0.4) is 0 Å². The smallest absolute Gasteiger partial charge is 0.266 e. The quantitative estimate of drug-likeness (QED) is 0.504. The SMILES string of the molecule is Nc1ccc2c(c1)C(=O)N(c1ccc(N3C(=O)c4ccc(N)cc4C3=O)cc1)C2=O. The fourth-order valence-electron chi connectivity index (χ4n) is 3.74. The number of nitrogens with zero attached hydrogens (tertiary/aromatic N) is 2. The van der Waals surface area contributed by atoms with E-state index in [-0.39, 0.29) is 22.3 Å². The lowest BCUT2D eigenvalue weighted by Gasteiger charge is -2.17. The molecule has 0 saturated carbocycles. The summed E-state index contributed by atoms with van der Waals surface area (Å²) >= 11 is 0. The highest BCUT2D eigenvalue weighted by Gasteiger charge is 2.38. The third-order valence-electron chi connectivity index (χ3n) is 5.19. The monoisotopic (exact) mass is 398 g/mol. The van der Waals surface area contributed by atoms with Gasteiger partial charge in [0.1, 0.15) is 0 Å². The van der Waals surface area contributed by atoms with E-state index in [1.165, 1.54) is 48.5 Å². The summed E-state index contributed by atoms with van der Waals surface area (Å²) in [4.78, 5) is 52.8. The van der Waals surface area contributed by atoms with Gasteiger partial charge in [0.05, 0.1) is 33.6 Å². The number of hydrogen-bond donors (Lipinski definition) is 2. The Morgan fingerprint density at radius 3 is 1.17 bits per heavy atom. The van der Waals surface area contributed by atoms with Crippen molar-refractivity contribution in [3.63, 3.8) is 0 Å². The van der Waals surface area contributed by atoms with Gasteiger partial charge < -0.3 is 11.5 Å². The van der Waals surface area contributed by atoms with Gasteiger partial charge in [-0.15, -0.1) is 0 Å². The molecule has 8 nitrogen and oxygen atoms in total. The average Bonchev–Trinajstić information content (AvgIpc) is 3.12. The van der Waals surface area contributed by atoms with Crippen LogP contribution in [0.25, 0.3) is 0 Å².